The Bertz CT molecular complexity index is 415. The van der Waals surface area contributed by atoms with Crippen molar-refractivity contribution in [2.75, 3.05) is 18.8 Å². The molecule has 0 bridgehead atoms. The van der Waals surface area contributed by atoms with Gasteiger partial charge in [-0.05, 0) is 6.42 Å². The molecule has 4 N–H and O–H groups in total. The van der Waals surface area contributed by atoms with Gasteiger partial charge in [0.1, 0.15) is 6.04 Å². The van der Waals surface area contributed by atoms with E-state index in [1.54, 1.807) is 4.90 Å². The first kappa shape index (κ1) is 16.3. The minimum Gasteiger partial charge on any atom is -0.480 e. The van der Waals surface area contributed by atoms with Crippen molar-refractivity contribution < 1.29 is 24.3 Å². The Hall–Kier alpha value is -1.77. The Balaban J connectivity index is 2.35. The lowest BCUT2D eigenvalue weighted by Crippen LogP contribution is -2.42. The van der Waals surface area contributed by atoms with E-state index in [0.717, 1.165) is 0 Å². The molecule has 112 valence electrons. The van der Waals surface area contributed by atoms with Crippen LogP contribution in [0.4, 0.5) is 4.79 Å². The fourth-order valence-corrected chi connectivity index (χ4v) is 2.53. The van der Waals surface area contributed by atoms with Crippen LogP contribution >= 0.6 is 11.8 Å². The second-order valence-electron chi connectivity index (χ2n) is 4.31. The number of carbonyl (C=O) groups excluding carboxylic acids is 3. The van der Waals surface area contributed by atoms with Crippen LogP contribution in [0.3, 0.4) is 0 Å². The highest BCUT2D eigenvalue weighted by atomic mass is 32.2. The monoisotopic (exact) mass is 303 g/mol. The highest BCUT2D eigenvalue weighted by Crippen LogP contribution is 2.16. The Kier molecular flexibility index (Phi) is 6.29. The summed E-state index contributed by atoms with van der Waals surface area (Å²) >= 11 is 1.20. The number of nitrogens with one attached hydrogen (secondary N) is 1. The number of nitrogens with zero attached hydrogens (tertiary/aromatic N) is 1. The van der Waals surface area contributed by atoms with E-state index in [2.05, 4.69) is 5.32 Å². The molecule has 1 aliphatic heterocycles. The van der Waals surface area contributed by atoms with Crippen LogP contribution in [0.5, 0.6) is 0 Å². The maximum absolute atomic E-state index is 11.6. The van der Waals surface area contributed by atoms with Gasteiger partial charge in [0.05, 0.1) is 0 Å². The number of nitrogens with two attached hydrogens (primary N) is 1. The van der Waals surface area contributed by atoms with Gasteiger partial charge in [0.15, 0.2) is 0 Å². The van der Waals surface area contributed by atoms with Gasteiger partial charge in [0.25, 0.3) is 5.24 Å². The van der Waals surface area contributed by atoms with Crippen LogP contribution in [0, 0.1) is 0 Å². The quantitative estimate of drug-likeness (QED) is 0.548. The number of hydrogen-bond donors (Lipinski definition) is 3. The third-order valence-electron chi connectivity index (χ3n) is 2.77. The normalized spacial score (nSPS) is 16.0. The largest absolute Gasteiger partial charge is 0.480 e. The number of primary amides is 1. The SMILES string of the molecule is NC(=O)CC[C@H](NC(=O)CCN1CCSC1=O)C(=O)O. The Morgan fingerprint density at radius 2 is 2.10 bits per heavy atom. The van der Waals surface area contributed by atoms with E-state index >= 15 is 0 Å². The predicted octanol–water partition coefficient (Wildman–Crippen LogP) is -0.620. The molecule has 0 unspecified atom stereocenters. The van der Waals surface area contributed by atoms with Crippen LogP contribution in [0.15, 0.2) is 0 Å². The topological polar surface area (TPSA) is 130 Å². The van der Waals surface area contributed by atoms with E-state index in [1.807, 2.05) is 0 Å². The first-order chi connectivity index (χ1) is 9.40. The van der Waals surface area contributed by atoms with Gasteiger partial charge in [0.2, 0.25) is 11.8 Å². The van der Waals surface area contributed by atoms with Crippen LogP contribution in [0.1, 0.15) is 19.3 Å². The fourth-order valence-electron chi connectivity index (χ4n) is 1.68. The lowest BCUT2D eigenvalue weighted by Gasteiger charge is -2.16. The summed E-state index contributed by atoms with van der Waals surface area (Å²) in [5.74, 6) is -1.60. The lowest BCUT2D eigenvalue weighted by atomic mass is 10.1. The van der Waals surface area contributed by atoms with Crippen molar-refractivity contribution in [3.05, 3.63) is 0 Å². The van der Waals surface area contributed by atoms with Crippen LogP contribution in [0.25, 0.3) is 0 Å². The molecule has 8 nitrogen and oxygen atoms in total. The van der Waals surface area contributed by atoms with E-state index in [0.29, 0.717) is 12.3 Å². The summed E-state index contributed by atoms with van der Waals surface area (Å²) in [7, 11) is 0. The molecule has 1 aliphatic rings. The third-order valence-corrected chi connectivity index (χ3v) is 3.66. The predicted molar refractivity (Wildman–Crippen MR) is 72.0 cm³/mol. The van der Waals surface area contributed by atoms with Crippen LogP contribution < -0.4 is 11.1 Å². The average molecular weight is 303 g/mol. The van der Waals surface area contributed by atoms with Crippen molar-refractivity contribution in [1.82, 2.24) is 10.2 Å². The van der Waals surface area contributed by atoms with E-state index in [4.69, 9.17) is 10.8 Å². The lowest BCUT2D eigenvalue weighted by molar-refractivity contribution is -0.142. The standard InChI is InChI=1S/C11H17N3O5S/c12-8(15)2-1-7(10(17)18)13-9(16)3-4-14-5-6-20-11(14)19/h7H,1-6H2,(H2,12,15)(H,13,16)(H,17,18)/t7-/m0/s1. The summed E-state index contributed by atoms with van der Waals surface area (Å²) in [6.07, 6.45) is -0.125. The molecule has 20 heavy (non-hydrogen) atoms. The minimum atomic E-state index is -1.22. The fraction of sp³-hybridized carbons (Fsp3) is 0.636. The minimum absolute atomic E-state index is 0.0344. The van der Waals surface area contributed by atoms with E-state index < -0.39 is 23.8 Å². The van der Waals surface area contributed by atoms with Gasteiger partial charge in [-0.25, -0.2) is 4.79 Å². The molecule has 0 saturated carbocycles. The van der Waals surface area contributed by atoms with Gasteiger partial charge in [0, 0.05) is 31.7 Å². The zero-order valence-corrected chi connectivity index (χ0v) is 11.6. The molecule has 0 spiro atoms. The van der Waals surface area contributed by atoms with Gasteiger partial charge in [-0.2, -0.15) is 0 Å². The second kappa shape index (κ2) is 7.73. The molecule has 0 radical (unpaired) electrons. The van der Waals surface area contributed by atoms with Crippen LogP contribution in [0.2, 0.25) is 0 Å². The number of carboxylic acid groups (broad SMARTS) is 1. The molecule has 1 saturated heterocycles. The maximum atomic E-state index is 11.6. The molecule has 0 aromatic carbocycles. The number of hydrogen-bond acceptors (Lipinski definition) is 5. The maximum Gasteiger partial charge on any atom is 0.326 e. The summed E-state index contributed by atoms with van der Waals surface area (Å²) in [5.41, 5.74) is 4.94. The van der Waals surface area contributed by atoms with Crippen LogP contribution in [-0.4, -0.2) is 57.9 Å². The molecule has 0 aromatic heterocycles. The average Bonchev–Trinajstić information content (AvgIpc) is 2.77. The molecule has 0 aromatic rings. The van der Waals surface area contributed by atoms with Gasteiger partial charge in [-0.15, -0.1) is 0 Å². The summed E-state index contributed by atoms with van der Waals surface area (Å²) in [5, 5.41) is 11.2. The van der Waals surface area contributed by atoms with Crippen LogP contribution in [-0.2, 0) is 14.4 Å². The summed E-state index contributed by atoms with van der Waals surface area (Å²) < 4.78 is 0. The molecule has 0 aliphatic carbocycles. The summed E-state index contributed by atoms with van der Waals surface area (Å²) in [6, 6.07) is -1.14. The number of rotatable bonds is 8. The van der Waals surface area contributed by atoms with Crippen molar-refractivity contribution >= 4 is 34.8 Å². The van der Waals surface area contributed by atoms with Crippen molar-refractivity contribution in [2.24, 2.45) is 5.73 Å². The Morgan fingerprint density at radius 3 is 2.60 bits per heavy atom. The van der Waals surface area contributed by atoms with E-state index in [-0.39, 0.29) is 31.0 Å². The zero-order valence-electron chi connectivity index (χ0n) is 10.8. The van der Waals surface area contributed by atoms with Crippen molar-refractivity contribution in [1.29, 1.82) is 0 Å². The Labute approximate surface area is 120 Å². The molecular formula is C11H17N3O5S. The summed E-state index contributed by atoms with van der Waals surface area (Å²) in [4.78, 5) is 46.0. The van der Waals surface area contributed by atoms with Gasteiger partial charge in [-0.3, -0.25) is 14.4 Å². The van der Waals surface area contributed by atoms with E-state index in [1.165, 1.54) is 11.8 Å². The van der Waals surface area contributed by atoms with Gasteiger partial charge in [-0.1, -0.05) is 11.8 Å². The molecular weight excluding hydrogens is 286 g/mol. The number of amides is 3. The smallest absolute Gasteiger partial charge is 0.326 e. The summed E-state index contributed by atoms with van der Waals surface area (Å²) in [6.45, 7) is 0.862. The van der Waals surface area contributed by atoms with Gasteiger partial charge >= 0.3 is 5.97 Å². The molecule has 1 fully saturated rings. The molecule has 3 amide bonds. The number of aliphatic carboxylic acids is 1. The van der Waals surface area contributed by atoms with Crippen molar-refractivity contribution in [3.8, 4) is 0 Å². The first-order valence-corrected chi connectivity index (χ1v) is 7.11. The highest BCUT2D eigenvalue weighted by molar-refractivity contribution is 8.13. The van der Waals surface area contributed by atoms with Gasteiger partial charge < -0.3 is 21.1 Å². The zero-order chi connectivity index (χ0) is 15.1. The molecule has 1 heterocycles. The molecule has 1 atom stereocenters. The number of carboxylic acids is 1. The Morgan fingerprint density at radius 1 is 1.40 bits per heavy atom. The highest BCUT2D eigenvalue weighted by Gasteiger charge is 2.23. The van der Waals surface area contributed by atoms with E-state index in [9.17, 15) is 19.2 Å². The second-order valence-corrected chi connectivity index (χ2v) is 5.36. The number of thioether (sulfide) groups is 1. The molecule has 9 heteroatoms. The molecule has 1 rings (SSSR count). The van der Waals surface area contributed by atoms with Crippen molar-refractivity contribution in [2.45, 2.75) is 25.3 Å². The number of carbonyl (C=O) groups is 4. The van der Waals surface area contributed by atoms with Crippen molar-refractivity contribution in [3.63, 3.8) is 0 Å². The third kappa shape index (κ3) is 5.47. The first-order valence-electron chi connectivity index (χ1n) is 6.12.